The lowest BCUT2D eigenvalue weighted by atomic mass is 10.1. The van der Waals surface area contributed by atoms with E-state index in [9.17, 15) is 22.0 Å². The summed E-state index contributed by atoms with van der Waals surface area (Å²) in [6.45, 7) is 1.94. The highest BCUT2D eigenvalue weighted by Gasteiger charge is 2.35. The van der Waals surface area contributed by atoms with Crippen LogP contribution in [0.3, 0.4) is 0 Å². The second-order valence-corrected chi connectivity index (χ2v) is 6.86. The predicted molar refractivity (Wildman–Crippen MR) is 70.5 cm³/mol. The molecule has 1 aromatic rings. The molecule has 1 saturated heterocycles. The Morgan fingerprint density at radius 3 is 2.57 bits per heavy atom. The quantitative estimate of drug-likeness (QED) is 0.927. The minimum Gasteiger partial charge on any atom is -0.477 e. The summed E-state index contributed by atoms with van der Waals surface area (Å²) in [4.78, 5) is 10.1. The topological polar surface area (TPSA) is 74.7 Å². The Morgan fingerprint density at radius 1 is 1.33 bits per heavy atom. The van der Waals surface area contributed by atoms with Gasteiger partial charge in [0.1, 0.15) is 16.3 Å². The van der Waals surface area contributed by atoms with Crippen LogP contribution < -0.4 is 0 Å². The van der Waals surface area contributed by atoms with Crippen LogP contribution in [0.25, 0.3) is 0 Å². The van der Waals surface area contributed by atoms with Gasteiger partial charge in [-0.3, -0.25) is 0 Å². The number of aromatic carboxylic acids is 1. The lowest BCUT2D eigenvalue weighted by molar-refractivity contribution is 0.0685. The van der Waals surface area contributed by atoms with Gasteiger partial charge in [0.25, 0.3) is 0 Å². The van der Waals surface area contributed by atoms with Crippen molar-refractivity contribution in [1.82, 2.24) is 4.31 Å². The predicted octanol–water partition coefficient (Wildman–Crippen LogP) is 2.23. The van der Waals surface area contributed by atoms with Gasteiger partial charge in [0.15, 0.2) is 5.82 Å². The molecule has 116 valence electrons. The summed E-state index contributed by atoms with van der Waals surface area (Å²) >= 11 is 0. The van der Waals surface area contributed by atoms with Crippen molar-refractivity contribution in [3.8, 4) is 0 Å². The zero-order chi connectivity index (χ0) is 15.8. The molecule has 0 aromatic heterocycles. The Kier molecular flexibility index (Phi) is 4.29. The van der Waals surface area contributed by atoms with Crippen molar-refractivity contribution in [2.45, 2.75) is 37.1 Å². The first-order chi connectivity index (χ1) is 9.76. The molecular weight excluding hydrogens is 304 g/mol. The molecule has 21 heavy (non-hydrogen) atoms. The van der Waals surface area contributed by atoms with E-state index in [1.54, 1.807) is 6.92 Å². The van der Waals surface area contributed by atoms with Crippen molar-refractivity contribution in [3.05, 3.63) is 29.3 Å². The fourth-order valence-corrected chi connectivity index (χ4v) is 4.25. The van der Waals surface area contributed by atoms with Crippen molar-refractivity contribution in [3.63, 3.8) is 0 Å². The summed E-state index contributed by atoms with van der Waals surface area (Å²) in [7, 11) is -4.19. The normalized spacial score (nSPS) is 20.4. The third-order valence-electron chi connectivity index (χ3n) is 3.60. The molecule has 1 heterocycles. The first-order valence-electron chi connectivity index (χ1n) is 6.50. The van der Waals surface area contributed by atoms with Crippen LogP contribution in [0, 0.1) is 11.6 Å². The molecule has 0 aliphatic carbocycles. The van der Waals surface area contributed by atoms with Crippen molar-refractivity contribution in [2.75, 3.05) is 6.54 Å². The Labute approximate surface area is 121 Å². The maximum Gasteiger partial charge on any atom is 0.341 e. The van der Waals surface area contributed by atoms with Crippen molar-refractivity contribution < 1.29 is 27.1 Å². The molecule has 1 aliphatic rings. The number of benzene rings is 1. The number of halogens is 2. The molecule has 1 aromatic carbocycles. The maximum atomic E-state index is 14.1. The minimum absolute atomic E-state index is 0.239. The fourth-order valence-electron chi connectivity index (χ4n) is 2.48. The van der Waals surface area contributed by atoms with Crippen molar-refractivity contribution in [2.24, 2.45) is 0 Å². The fraction of sp³-hybridized carbons (Fsp3) is 0.462. The lowest BCUT2D eigenvalue weighted by Gasteiger charge is -2.32. The molecule has 2 rings (SSSR count). The van der Waals surface area contributed by atoms with E-state index in [2.05, 4.69) is 0 Å². The lowest BCUT2D eigenvalue weighted by Crippen LogP contribution is -2.42. The van der Waals surface area contributed by atoms with E-state index in [1.807, 2.05) is 0 Å². The summed E-state index contributed by atoms with van der Waals surface area (Å²) in [5.74, 6) is -4.69. The van der Waals surface area contributed by atoms with E-state index in [0.29, 0.717) is 18.9 Å². The number of carboxylic acid groups (broad SMARTS) is 1. The van der Waals surface area contributed by atoms with Gasteiger partial charge < -0.3 is 5.11 Å². The van der Waals surface area contributed by atoms with Crippen LogP contribution in [0.1, 0.15) is 36.5 Å². The second kappa shape index (κ2) is 5.69. The number of rotatable bonds is 3. The van der Waals surface area contributed by atoms with Crippen LogP contribution in [0.15, 0.2) is 17.0 Å². The van der Waals surface area contributed by atoms with E-state index in [1.165, 1.54) is 0 Å². The molecule has 5 nitrogen and oxygen atoms in total. The monoisotopic (exact) mass is 319 g/mol. The number of hydrogen-bond acceptors (Lipinski definition) is 3. The van der Waals surface area contributed by atoms with Crippen LogP contribution in [0.2, 0.25) is 0 Å². The SMILES string of the molecule is CC1CCCCN1S(=O)(=O)c1ccc(F)c(C(=O)O)c1F. The zero-order valence-electron chi connectivity index (χ0n) is 11.3. The molecular formula is C13H15F2NO4S. The van der Waals surface area contributed by atoms with Crippen molar-refractivity contribution in [1.29, 1.82) is 0 Å². The average Bonchev–Trinajstić information content (AvgIpc) is 2.38. The largest absolute Gasteiger partial charge is 0.477 e. The minimum atomic E-state index is -4.19. The van der Waals surface area contributed by atoms with E-state index in [-0.39, 0.29) is 12.6 Å². The highest BCUT2D eigenvalue weighted by Crippen LogP contribution is 2.28. The standard InChI is InChI=1S/C13H15F2NO4S/c1-8-4-2-3-7-16(8)21(19,20)10-6-5-9(14)11(12(10)15)13(17)18/h5-6,8H,2-4,7H2,1H3,(H,17,18). The van der Waals surface area contributed by atoms with Crippen molar-refractivity contribution >= 4 is 16.0 Å². The van der Waals surface area contributed by atoms with Gasteiger partial charge in [-0.15, -0.1) is 0 Å². The molecule has 0 amide bonds. The number of sulfonamides is 1. The summed E-state index contributed by atoms with van der Waals surface area (Å²) in [6.07, 6.45) is 2.17. The number of carbonyl (C=O) groups is 1. The van der Waals surface area contributed by atoms with Crippen LogP contribution in [0.5, 0.6) is 0 Å². The third-order valence-corrected chi connectivity index (χ3v) is 5.63. The molecule has 0 spiro atoms. The van der Waals surface area contributed by atoms with Gasteiger partial charge in [-0.1, -0.05) is 6.42 Å². The van der Waals surface area contributed by atoms with E-state index >= 15 is 0 Å². The average molecular weight is 319 g/mol. The molecule has 1 fully saturated rings. The first kappa shape index (κ1) is 15.8. The summed E-state index contributed by atoms with van der Waals surface area (Å²) < 4.78 is 53.6. The first-order valence-corrected chi connectivity index (χ1v) is 7.94. The molecule has 1 N–H and O–H groups in total. The van der Waals surface area contributed by atoms with Gasteiger partial charge >= 0.3 is 5.97 Å². The molecule has 1 unspecified atom stereocenters. The Balaban J connectivity index is 2.55. The Hall–Kier alpha value is -1.54. The second-order valence-electron chi connectivity index (χ2n) is 5.00. The molecule has 0 radical (unpaired) electrons. The molecule has 1 aliphatic heterocycles. The molecule has 8 heteroatoms. The number of nitrogens with zero attached hydrogens (tertiary/aromatic N) is 1. The number of carboxylic acids is 1. The maximum absolute atomic E-state index is 14.1. The summed E-state index contributed by atoms with van der Waals surface area (Å²) in [5, 5.41) is 8.81. The van der Waals surface area contributed by atoms with E-state index in [4.69, 9.17) is 5.11 Å². The zero-order valence-corrected chi connectivity index (χ0v) is 12.2. The number of piperidine rings is 1. The van der Waals surface area contributed by atoms with Crippen LogP contribution in [-0.4, -0.2) is 36.4 Å². The van der Waals surface area contributed by atoms with Gasteiger partial charge in [-0.25, -0.2) is 22.0 Å². The van der Waals surface area contributed by atoms with Gasteiger partial charge in [-0.2, -0.15) is 4.31 Å². The molecule has 1 atom stereocenters. The smallest absolute Gasteiger partial charge is 0.341 e. The van der Waals surface area contributed by atoms with E-state index < -0.39 is 38.1 Å². The van der Waals surface area contributed by atoms with Gasteiger partial charge in [-0.05, 0) is 31.9 Å². The number of hydrogen-bond donors (Lipinski definition) is 1. The molecule has 0 saturated carbocycles. The van der Waals surface area contributed by atoms with Crippen LogP contribution in [-0.2, 0) is 10.0 Å². The van der Waals surface area contributed by atoms with Gasteiger partial charge in [0.05, 0.1) is 0 Å². The van der Waals surface area contributed by atoms with Crippen LogP contribution >= 0.6 is 0 Å². The highest BCUT2D eigenvalue weighted by molar-refractivity contribution is 7.89. The summed E-state index contributed by atoms with van der Waals surface area (Å²) in [5.41, 5.74) is -1.25. The molecule has 0 bridgehead atoms. The highest BCUT2D eigenvalue weighted by atomic mass is 32.2. The summed E-state index contributed by atoms with van der Waals surface area (Å²) in [6, 6.07) is 1.13. The third kappa shape index (κ3) is 2.77. The Bertz CT molecular complexity index is 675. The Morgan fingerprint density at radius 2 is 2.00 bits per heavy atom. The van der Waals surface area contributed by atoms with Crippen LogP contribution in [0.4, 0.5) is 8.78 Å². The van der Waals surface area contributed by atoms with Gasteiger partial charge in [0, 0.05) is 12.6 Å². The van der Waals surface area contributed by atoms with E-state index in [0.717, 1.165) is 16.8 Å². The van der Waals surface area contributed by atoms with Gasteiger partial charge in [0.2, 0.25) is 10.0 Å².